The number of rotatable bonds is 4. The summed E-state index contributed by atoms with van der Waals surface area (Å²) in [7, 11) is 0. The van der Waals surface area contributed by atoms with Gasteiger partial charge in [-0.05, 0) is 31.5 Å². The lowest BCUT2D eigenvalue weighted by Crippen LogP contribution is -2.31. The lowest BCUT2D eigenvalue weighted by Gasteiger charge is -2.15. The minimum absolute atomic E-state index is 0.246. The molecule has 1 saturated carbocycles. The molecule has 2 heterocycles. The lowest BCUT2D eigenvalue weighted by molar-refractivity contribution is -0.192. The summed E-state index contributed by atoms with van der Waals surface area (Å²) in [6, 6.07) is 6.51. The maximum atomic E-state index is 13.6. The molecule has 0 aliphatic heterocycles. The molecule has 4 N–H and O–H groups in total. The van der Waals surface area contributed by atoms with Crippen LogP contribution in [0.2, 0.25) is 0 Å². The van der Waals surface area contributed by atoms with E-state index in [0.29, 0.717) is 10.9 Å². The second kappa shape index (κ2) is 9.07. The molecule has 3 aromatic rings. The van der Waals surface area contributed by atoms with Crippen LogP contribution >= 0.6 is 0 Å². The quantitative estimate of drug-likeness (QED) is 0.377. The van der Waals surface area contributed by atoms with E-state index in [-0.39, 0.29) is 29.8 Å². The first-order valence-corrected chi connectivity index (χ1v) is 9.99. The standard InChI is InChI=1S/C19H18F3N5O.C2HF3O2/c1-10(11-3-5-12(20)6-4-11)24-17(28)25-15-7-14-13(8-23-15)16(27-26-14)18(2)9-19(18,21)22;3-2(4,5)1(6)7/h3-8,10H,9H2,1-2H3,(H,26,27)(H2,23,24,25,28);(H,6,7)/t10-,18?;/m1./s1. The highest BCUT2D eigenvalue weighted by atomic mass is 19.4. The van der Waals surface area contributed by atoms with Gasteiger partial charge in [0.15, 0.2) is 0 Å². The number of alkyl halides is 5. The third kappa shape index (κ3) is 5.63. The number of aromatic nitrogens is 3. The highest BCUT2D eigenvalue weighted by Gasteiger charge is 2.70. The van der Waals surface area contributed by atoms with Crippen molar-refractivity contribution >= 4 is 28.7 Å². The minimum Gasteiger partial charge on any atom is -0.475 e. The number of benzene rings is 1. The summed E-state index contributed by atoms with van der Waals surface area (Å²) in [5.41, 5.74) is 0.248. The predicted molar refractivity (Wildman–Crippen MR) is 111 cm³/mol. The van der Waals surface area contributed by atoms with Crippen molar-refractivity contribution in [3.8, 4) is 0 Å². The zero-order chi connectivity index (χ0) is 26.2. The van der Waals surface area contributed by atoms with E-state index in [4.69, 9.17) is 9.90 Å². The van der Waals surface area contributed by atoms with Crippen molar-refractivity contribution < 1.29 is 41.0 Å². The van der Waals surface area contributed by atoms with Gasteiger partial charge in [-0.15, -0.1) is 0 Å². The molecule has 1 aliphatic carbocycles. The van der Waals surface area contributed by atoms with E-state index < -0.39 is 29.5 Å². The number of amides is 2. The Morgan fingerprint density at radius 3 is 2.29 bits per heavy atom. The number of carbonyl (C=O) groups excluding carboxylic acids is 1. The third-order valence-electron chi connectivity index (χ3n) is 5.43. The van der Waals surface area contributed by atoms with Gasteiger partial charge >= 0.3 is 18.2 Å². The molecule has 2 amide bonds. The number of fused-ring (bicyclic) bond motifs is 1. The van der Waals surface area contributed by atoms with Gasteiger partial charge in [-0.3, -0.25) is 10.4 Å². The van der Waals surface area contributed by atoms with Gasteiger partial charge in [0.05, 0.1) is 22.7 Å². The van der Waals surface area contributed by atoms with Gasteiger partial charge in [0.1, 0.15) is 11.6 Å². The molecule has 0 spiro atoms. The van der Waals surface area contributed by atoms with Crippen LogP contribution in [0.5, 0.6) is 0 Å². The summed E-state index contributed by atoms with van der Waals surface area (Å²) in [5.74, 6) is -5.64. The van der Waals surface area contributed by atoms with Gasteiger partial charge in [-0.2, -0.15) is 18.3 Å². The molecule has 8 nitrogen and oxygen atoms in total. The molecule has 14 heteroatoms. The van der Waals surface area contributed by atoms with Crippen molar-refractivity contribution in [2.75, 3.05) is 5.32 Å². The Labute approximate surface area is 193 Å². The van der Waals surface area contributed by atoms with Crippen LogP contribution in [0.1, 0.15) is 37.6 Å². The molecular weight excluding hydrogens is 484 g/mol. The van der Waals surface area contributed by atoms with Crippen molar-refractivity contribution in [1.29, 1.82) is 0 Å². The summed E-state index contributed by atoms with van der Waals surface area (Å²) in [4.78, 5) is 25.2. The highest BCUT2D eigenvalue weighted by molar-refractivity contribution is 5.91. The van der Waals surface area contributed by atoms with Crippen LogP contribution in [0.3, 0.4) is 0 Å². The summed E-state index contributed by atoms with van der Waals surface area (Å²) in [5, 5.41) is 19.7. The number of halogens is 6. The SMILES string of the molecule is C[C@@H](NC(=O)Nc1cc2[nH]nc(C3(C)CC3(F)F)c2cn1)c1ccc(F)cc1.O=C(O)C(F)(F)F. The van der Waals surface area contributed by atoms with E-state index in [1.54, 1.807) is 19.1 Å². The van der Waals surface area contributed by atoms with E-state index in [9.17, 15) is 31.1 Å². The Morgan fingerprint density at radius 1 is 1.20 bits per heavy atom. The smallest absolute Gasteiger partial charge is 0.475 e. The maximum absolute atomic E-state index is 13.6. The molecule has 1 unspecified atom stereocenters. The predicted octanol–water partition coefficient (Wildman–Crippen LogP) is 4.91. The van der Waals surface area contributed by atoms with Crippen molar-refractivity contribution in [3.05, 3.63) is 53.6 Å². The second-order valence-corrected chi connectivity index (χ2v) is 8.08. The Bertz CT molecular complexity index is 1240. The first-order chi connectivity index (χ1) is 16.1. The molecule has 0 radical (unpaired) electrons. The Hall–Kier alpha value is -3.84. The largest absolute Gasteiger partial charge is 0.490 e. The van der Waals surface area contributed by atoms with E-state index in [1.807, 2.05) is 0 Å². The number of aliphatic carboxylic acids is 1. The van der Waals surface area contributed by atoms with Gasteiger partial charge in [-0.25, -0.2) is 27.7 Å². The number of anilines is 1. The lowest BCUT2D eigenvalue weighted by atomic mass is 10.0. The van der Waals surface area contributed by atoms with Crippen LogP contribution in [-0.2, 0) is 10.2 Å². The zero-order valence-corrected chi connectivity index (χ0v) is 18.2. The number of hydrogen-bond acceptors (Lipinski definition) is 4. The Kier molecular flexibility index (Phi) is 6.68. The van der Waals surface area contributed by atoms with Crippen LogP contribution in [0.25, 0.3) is 10.9 Å². The molecular formula is C21H19F6N5O3. The number of H-pyrrole nitrogens is 1. The number of pyridine rings is 1. The summed E-state index contributed by atoms with van der Waals surface area (Å²) >= 11 is 0. The van der Waals surface area contributed by atoms with E-state index in [1.165, 1.54) is 31.3 Å². The first kappa shape index (κ1) is 25.8. The second-order valence-electron chi connectivity index (χ2n) is 8.08. The number of carbonyl (C=O) groups is 2. The maximum Gasteiger partial charge on any atom is 0.490 e. The highest BCUT2D eigenvalue weighted by Crippen LogP contribution is 2.61. The summed E-state index contributed by atoms with van der Waals surface area (Å²) < 4.78 is 72.0. The Balaban J connectivity index is 0.000000429. The number of carboxylic acid groups (broad SMARTS) is 1. The van der Waals surface area contributed by atoms with Gasteiger partial charge in [0.2, 0.25) is 0 Å². The average molecular weight is 503 g/mol. The van der Waals surface area contributed by atoms with E-state index in [2.05, 4.69) is 25.8 Å². The van der Waals surface area contributed by atoms with Crippen LogP contribution in [0.15, 0.2) is 36.5 Å². The van der Waals surface area contributed by atoms with Crippen molar-refractivity contribution in [3.63, 3.8) is 0 Å². The van der Waals surface area contributed by atoms with Crippen LogP contribution in [0, 0.1) is 5.82 Å². The zero-order valence-electron chi connectivity index (χ0n) is 18.2. The number of aromatic amines is 1. The minimum atomic E-state index is -5.08. The van der Waals surface area contributed by atoms with Crippen molar-refractivity contribution in [1.82, 2.24) is 20.5 Å². The number of carboxylic acids is 1. The summed E-state index contributed by atoms with van der Waals surface area (Å²) in [6.45, 7) is 3.24. The number of urea groups is 1. The van der Waals surface area contributed by atoms with Crippen LogP contribution in [0.4, 0.5) is 37.0 Å². The number of hydrogen-bond donors (Lipinski definition) is 4. The number of nitrogens with zero attached hydrogens (tertiary/aromatic N) is 2. The third-order valence-corrected chi connectivity index (χ3v) is 5.43. The van der Waals surface area contributed by atoms with Crippen LogP contribution in [-0.4, -0.2) is 44.4 Å². The molecule has 188 valence electrons. The molecule has 0 bridgehead atoms. The molecule has 1 aromatic carbocycles. The molecule has 1 aliphatic rings. The summed E-state index contributed by atoms with van der Waals surface area (Å²) in [6.07, 6.45) is -3.91. The van der Waals surface area contributed by atoms with Gasteiger partial charge in [0.25, 0.3) is 5.92 Å². The van der Waals surface area contributed by atoms with Gasteiger partial charge in [0, 0.05) is 24.1 Å². The van der Waals surface area contributed by atoms with Crippen molar-refractivity contribution in [2.45, 2.75) is 43.8 Å². The average Bonchev–Trinajstić information content (AvgIpc) is 3.07. The van der Waals surface area contributed by atoms with Gasteiger partial charge in [-0.1, -0.05) is 12.1 Å². The van der Waals surface area contributed by atoms with E-state index >= 15 is 0 Å². The molecule has 35 heavy (non-hydrogen) atoms. The van der Waals surface area contributed by atoms with Gasteiger partial charge < -0.3 is 10.4 Å². The molecule has 4 rings (SSSR count). The first-order valence-electron chi connectivity index (χ1n) is 9.99. The fourth-order valence-electron chi connectivity index (χ4n) is 3.24. The molecule has 2 aromatic heterocycles. The number of nitrogens with one attached hydrogen (secondary N) is 3. The Morgan fingerprint density at radius 2 is 1.77 bits per heavy atom. The molecule has 2 atom stereocenters. The van der Waals surface area contributed by atoms with Crippen molar-refractivity contribution in [2.24, 2.45) is 0 Å². The fourth-order valence-corrected chi connectivity index (χ4v) is 3.24. The monoisotopic (exact) mass is 503 g/mol. The molecule has 1 fully saturated rings. The normalized spacial score (nSPS) is 19.3. The van der Waals surface area contributed by atoms with E-state index in [0.717, 1.165) is 5.56 Å². The van der Waals surface area contributed by atoms with Crippen LogP contribution < -0.4 is 10.6 Å². The fraction of sp³-hybridized carbons (Fsp3) is 0.333. The topological polar surface area (TPSA) is 120 Å². The molecule has 0 saturated heterocycles.